The third-order valence-electron chi connectivity index (χ3n) is 20.3. The first kappa shape index (κ1) is 93.4. The van der Waals surface area contributed by atoms with Crippen LogP contribution in [0.25, 0.3) is 0 Å². The number of ether oxygens (including phenoxy) is 5. The van der Waals surface area contributed by atoms with Crippen molar-refractivity contribution in [3.05, 3.63) is 144 Å². The average molecular weight is 1630 g/mol. The lowest BCUT2D eigenvalue weighted by Gasteiger charge is -2.32. The number of benzene rings is 4. The van der Waals surface area contributed by atoms with Crippen LogP contribution in [0, 0.1) is 0 Å². The summed E-state index contributed by atoms with van der Waals surface area (Å²) >= 11 is 0. The Bertz CT molecular complexity index is 4010. The Kier molecular flexibility index (Phi) is 34.7. The second kappa shape index (κ2) is 43.5. The number of amides is 11. The largest absolute Gasteiger partial charge is 0.468 e. The van der Waals surface area contributed by atoms with E-state index < -0.39 is 148 Å². The van der Waals surface area contributed by atoms with E-state index in [1.807, 2.05) is 109 Å². The first-order valence-electron chi connectivity index (χ1n) is 40.3. The molecule has 32 heteroatoms. The summed E-state index contributed by atoms with van der Waals surface area (Å²) in [5, 5.41) is 19.5. The summed E-state index contributed by atoms with van der Waals surface area (Å²) < 4.78 is 26.1. The molecule has 4 aromatic rings. The predicted octanol–water partition coefficient (Wildman–Crippen LogP) is 4.68. The van der Waals surface area contributed by atoms with E-state index in [9.17, 15) is 62.3 Å². The fraction of sp³-hybridized carbons (Fsp3) is 0.565. The Balaban J connectivity index is 0.000000344. The summed E-state index contributed by atoms with van der Waals surface area (Å²) in [5.41, 5.74) is 16.0. The zero-order chi connectivity index (χ0) is 85.8. The third kappa shape index (κ3) is 29.1. The van der Waals surface area contributed by atoms with Crippen molar-refractivity contribution in [2.45, 2.75) is 241 Å². The Morgan fingerprint density at radius 1 is 0.444 bits per heavy atom. The van der Waals surface area contributed by atoms with E-state index in [4.69, 9.17) is 40.9 Å². The van der Waals surface area contributed by atoms with Crippen molar-refractivity contribution < 1.29 is 86.0 Å². The smallest absolute Gasteiger partial charge is 0.408 e. The van der Waals surface area contributed by atoms with Crippen LogP contribution in [0.3, 0.4) is 0 Å². The Morgan fingerprint density at radius 2 is 0.846 bits per heavy atom. The first-order valence-corrected chi connectivity index (χ1v) is 40.3. The molecular weight excluding hydrogens is 1510 g/mol. The summed E-state index contributed by atoms with van der Waals surface area (Å²) in [6, 6.07) is 28.8. The van der Waals surface area contributed by atoms with Crippen LogP contribution in [0.15, 0.2) is 121 Å². The van der Waals surface area contributed by atoms with Gasteiger partial charge in [0.2, 0.25) is 47.3 Å². The fourth-order valence-electron chi connectivity index (χ4n) is 14.5. The zero-order valence-electron chi connectivity index (χ0n) is 69.5. The highest BCUT2D eigenvalue weighted by molar-refractivity contribution is 5.98. The monoisotopic (exact) mass is 1630 g/mol. The predicted molar refractivity (Wildman–Crippen MR) is 435 cm³/mol. The van der Waals surface area contributed by atoms with Crippen molar-refractivity contribution in [2.75, 3.05) is 66.6 Å². The molecule has 4 aliphatic rings. The fourth-order valence-corrected chi connectivity index (χ4v) is 14.5. The summed E-state index contributed by atoms with van der Waals surface area (Å²) in [6.45, 7) is 16.5. The molecule has 4 heterocycles. The van der Waals surface area contributed by atoms with E-state index >= 15 is 0 Å². The highest BCUT2D eigenvalue weighted by Gasteiger charge is 2.51. The van der Waals surface area contributed by atoms with Crippen molar-refractivity contribution >= 4 is 77.5 Å². The number of esters is 2. The van der Waals surface area contributed by atoms with Gasteiger partial charge in [0.15, 0.2) is 5.54 Å². The number of alkyl carbamates (subject to hydrolysis) is 3. The van der Waals surface area contributed by atoms with Crippen LogP contribution in [0.2, 0.25) is 0 Å². The number of carbonyl (C=O) groups excluding carboxylic acids is 13. The third-order valence-corrected chi connectivity index (χ3v) is 20.3. The van der Waals surface area contributed by atoms with Gasteiger partial charge in [-0.3, -0.25) is 38.4 Å². The van der Waals surface area contributed by atoms with Gasteiger partial charge in [0.1, 0.15) is 64.6 Å². The molecule has 0 radical (unpaired) electrons. The van der Waals surface area contributed by atoms with E-state index in [1.165, 1.54) is 33.8 Å². The van der Waals surface area contributed by atoms with Crippen LogP contribution in [0.1, 0.15) is 162 Å². The Labute approximate surface area is 685 Å². The maximum Gasteiger partial charge on any atom is 0.408 e. The summed E-state index contributed by atoms with van der Waals surface area (Å²) in [4.78, 5) is 182. The Hall–Kier alpha value is -10.7. The van der Waals surface area contributed by atoms with E-state index in [0.717, 1.165) is 22.3 Å². The summed E-state index contributed by atoms with van der Waals surface area (Å²) in [7, 11) is 2.43. The second-order valence-electron chi connectivity index (χ2n) is 33.3. The Morgan fingerprint density at radius 3 is 1.29 bits per heavy atom. The minimum absolute atomic E-state index is 0.00403. The molecule has 11 amide bonds. The van der Waals surface area contributed by atoms with Crippen LogP contribution in [-0.4, -0.2) is 240 Å². The maximum atomic E-state index is 14.8. The molecule has 32 nitrogen and oxygen atoms in total. The van der Waals surface area contributed by atoms with Gasteiger partial charge in [0, 0.05) is 65.0 Å². The van der Waals surface area contributed by atoms with Gasteiger partial charge in [-0.2, -0.15) is 0 Å². The van der Waals surface area contributed by atoms with Crippen LogP contribution in [-0.2, 0) is 97.3 Å². The number of hydrogen-bond donors (Lipinski definition) is 10. The van der Waals surface area contributed by atoms with E-state index in [-0.39, 0.29) is 90.1 Å². The molecule has 4 fully saturated rings. The second-order valence-corrected chi connectivity index (χ2v) is 33.3. The van der Waals surface area contributed by atoms with Crippen molar-refractivity contribution in [2.24, 2.45) is 17.2 Å². The van der Waals surface area contributed by atoms with Crippen molar-refractivity contribution in [1.82, 2.24) is 56.8 Å². The first-order chi connectivity index (χ1) is 55.3. The average Bonchev–Trinajstić information content (AvgIpc) is 1.67. The SMILES string of the molecule is COC(=O)C1(N)CCN(C(=O)[C@@H](CCCCN)NC(=O)[C@H]2CCCN2C(=O)[C@@H](Cc2ccccc2)NC(=O)[C@H](N)Cc2ccccc2)C1.COC(=O)C1(NC(=O)OC(C)(C)C)CCN(C(=O)[C@@H](CCCCNC(=O)OC(C)(C)C)NC(=O)[C@H]2CCCN2C(=O)[C@@H](Cc2ccccc2)NC(=O)[C@@H](Cc2ccccc2)NC(=O)OC(C)(C)C)C1. The van der Waals surface area contributed by atoms with Gasteiger partial charge in [-0.1, -0.05) is 121 Å². The molecule has 13 N–H and O–H groups in total. The van der Waals surface area contributed by atoms with Gasteiger partial charge < -0.3 is 97.7 Å². The number of carbonyl (C=O) groups is 13. The minimum atomic E-state index is -1.63. The van der Waals surface area contributed by atoms with Gasteiger partial charge in [-0.25, -0.2) is 24.0 Å². The summed E-state index contributed by atoms with van der Waals surface area (Å²) in [6.07, 6.45) is 2.78. The van der Waals surface area contributed by atoms with E-state index in [1.54, 1.807) is 74.4 Å². The van der Waals surface area contributed by atoms with Gasteiger partial charge in [-0.15, -0.1) is 0 Å². The number of nitrogens with zero attached hydrogens (tertiary/aromatic N) is 4. The highest BCUT2D eigenvalue weighted by Crippen LogP contribution is 2.29. The van der Waals surface area contributed by atoms with Crippen LogP contribution >= 0.6 is 0 Å². The number of likely N-dealkylation sites (tertiary alicyclic amines) is 4. The zero-order valence-corrected chi connectivity index (χ0v) is 69.5. The number of methoxy groups -OCH3 is 2. The van der Waals surface area contributed by atoms with E-state index in [2.05, 4.69) is 37.2 Å². The molecule has 0 aliphatic carbocycles. The normalized spacial score (nSPS) is 19.4. The minimum Gasteiger partial charge on any atom is -0.468 e. The molecule has 8 rings (SSSR count). The molecule has 0 saturated carbocycles. The molecule has 4 saturated heterocycles. The molecule has 0 bridgehead atoms. The number of nitrogens with one attached hydrogen (secondary N) is 7. The molecule has 4 aliphatic heterocycles. The standard InChI is InChI=1S/C50H73N7O12.C35H49N7O6/c1-47(2,3)67-44(63)51-27-18-17-24-35(41(60)56-29-26-50(32-56,43(62)66-10)55-46(65)69-49(7,8)9)52-40(59)38-25-19-28-57(38)42(61)37(31-34-22-15-12-16-23-34)53-39(58)36(30-33-20-13-11-14-21-33)54-45(64)68-48(4,5)6;1-48-34(47)35(38)17-20-41(23-35)32(45)27(15-8-9-18-36)39-31(44)29-16-10-19-42(29)33(46)28(22-25-13-6-3-7-14-25)40-30(43)26(37)21-24-11-4-2-5-12-24/h11-16,20-23,35-38H,17-19,24-32H2,1-10H3,(H,51,63)(H,52,59)(H,53,58)(H,54,64)(H,55,65);2-7,11-14,26-29H,8-10,15-23,36-38H2,1H3,(H,39,44)(H,40,43)/t35-,36-,37-,38-,50?;26-,27-,28-,29-,35?/m11/s1. The van der Waals surface area contributed by atoms with Gasteiger partial charge >= 0.3 is 30.2 Å². The number of rotatable bonds is 33. The van der Waals surface area contributed by atoms with Crippen molar-refractivity contribution in [3.63, 3.8) is 0 Å². The van der Waals surface area contributed by atoms with Crippen LogP contribution in [0.4, 0.5) is 14.4 Å². The maximum absolute atomic E-state index is 14.8. The quantitative estimate of drug-likeness (QED) is 0.0176. The number of unbranched alkanes of at least 4 members (excludes halogenated alkanes) is 2. The molecule has 117 heavy (non-hydrogen) atoms. The number of hydrogen-bond acceptors (Lipinski definition) is 21. The van der Waals surface area contributed by atoms with E-state index in [0.29, 0.717) is 70.9 Å². The topological polar surface area (TPSA) is 443 Å². The van der Waals surface area contributed by atoms with Crippen molar-refractivity contribution in [3.8, 4) is 0 Å². The van der Waals surface area contributed by atoms with Gasteiger partial charge in [-0.05, 0) is 168 Å². The van der Waals surface area contributed by atoms with Crippen LogP contribution < -0.4 is 54.4 Å². The van der Waals surface area contributed by atoms with Crippen molar-refractivity contribution in [1.29, 1.82) is 0 Å². The van der Waals surface area contributed by atoms with Gasteiger partial charge in [0.05, 0.1) is 26.8 Å². The molecule has 0 aromatic heterocycles. The molecule has 640 valence electrons. The molecular formula is C85H122N14O18. The molecule has 0 spiro atoms. The lowest BCUT2D eigenvalue weighted by atomic mass is 9.99. The lowest BCUT2D eigenvalue weighted by Crippen LogP contribution is -2.60. The number of nitrogens with two attached hydrogens (primary N) is 3. The lowest BCUT2D eigenvalue weighted by molar-refractivity contribution is -0.149. The van der Waals surface area contributed by atoms with Crippen LogP contribution in [0.5, 0.6) is 0 Å². The molecule has 4 aromatic carbocycles. The molecule has 2 unspecified atom stereocenters. The highest BCUT2D eigenvalue weighted by atomic mass is 16.6. The van der Waals surface area contributed by atoms with Gasteiger partial charge in [0.25, 0.3) is 0 Å². The molecule has 10 atom stereocenters. The summed E-state index contributed by atoms with van der Waals surface area (Å²) in [5.74, 6) is -5.35.